The normalized spacial score (nSPS) is 11.4. The lowest BCUT2D eigenvalue weighted by Crippen LogP contribution is -2.28. The van der Waals surface area contributed by atoms with Crippen molar-refractivity contribution >= 4 is 28.6 Å². The number of rotatable bonds is 7. The molecule has 0 fully saturated rings. The van der Waals surface area contributed by atoms with Crippen molar-refractivity contribution < 1.29 is 4.74 Å². The molecule has 0 aromatic carbocycles. The number of hydrogen-bond donors (Lipinski definition) is 2. The van der Waals surface area contributed by atoms with Crippen LogP contribution in [0, 0.1) is 0 Å². The quantitative estimate of drug-likeness (QED) is 0.739. The Labute approximate surface area is 116 Å². The van der Waals surface area contributed by atoms with Gasteiger partial charge in [0.2, 0.25) is 5.28 Å². The van der Waals surface area contributed by atoms with Crippen LogP contribution in [0.1, 0.15) is 0 Å². The third kappa shape index (κ3) is 3.76. The van der Waals surface area contributed by atoms with Crippen LogP contribution in [0.15, 0.2) is 6.33 Å². The van der Waals surface area contributed by atoms with Crippen LogP contribution in [-0.2, 0) is 4.74 Å². The molecule has 0 radical (unpaired) electrons. The number of nitrogens with one attached hydrogen (secondary N) is 2. The molecule has 0 aliphatic heterocycles. The van der Waals surface area contributed by atoms with Gasteiger partial charge in [-0.15, -0.1) is 0 Å². The van der Waals surface area contributed by atoms with E-state index in [0.29, 0.717) is 11.5 Å². The van der Waals surface area contributed by atoms with Gasteiger partial charge in [0.05, 0.1) is 12.9 Å². The Morgan fingerprint density at radius 3 is 3.05 bits per heavy atom. The maximum absolute atomic E-state index is 5.85. The topological polar surface area (TPSA) is 79.0 Å². The van der Waals surface area contributed by atoms with Crippen LogP contribution in [0.4, 0.5) is 5.82 Å². The summed E-state index contributed by atoms with van der Waals surface area (Å²) in [5, 5.41) is 3.42. The molecule has 0 saturated heterocycles. The van der Waals surface area contributed by atoms with Gasteiger partial charge in [0, 0.05) is 26.7 Å². The van der Waals surface area contributed by atoms with Gasteiger partial charge >= 0.3 is 0 Å². The van der Waals surface area contributed by atoms with Gasteiger partial charge in [0.15, 0.2) is 11.5 Å². The minimum Gasteiger partial charge on any atom is -0.383 e. The van der Waals surface area contributed by atoms with Gasteiger partial charge in [-0.1, -0.05) is 0 Å². The Morgan fingerprint density at radius 1 is 1.42 bits per heavy atom. The number of aromatic nitrogens is 4. The first-order chi connectivity index (χ1) is 9.20. The molecule has 0 saturated carbocycles. The first-order valence-corrected chi connectivity index (χ1v) is 6.36. The van der Waals surface area contributed by atoms with Gasteiger partial charge in [-0.25, -0.2) is 4.98 Å². The molecule has 0 aliphatic carbocycles. The van der Waals surface area contributed by atoms with Crippen molar-refractivity contribution in [2.45, 2.75) is 0 Å². The van der Waals surface area contributed by atoms with Crippen molar-refractivity contribution in [3.8, 4) is 0 Å². The van der Waals surface area contributed by atoms with Crippen molar-refractivity contribution in [2.24, 2.45) is 0 Å². The summed E-state index contributed by atoms with van der Waals surface area (Å²) >= 11 is 5.85. The molecule has 0 amide bonds. The Balaban J connectivity index is 1.92. The number of ether oxygens (including phenoxy) is 1. The maximum Gasteiger partial charge on any atom is 0.226 e. The van der Waals surface area contributed by atoms with Gasteiger partial charge in [-0.3, -0.25) is 0 Å². The largest absolute Gasteiger partial charge is 0.383 e. The highest BCUT2D eigenvalue weighted by Crippen LogP contribution is 2.18. The van der Waals surface area contributed by atoms with Crippen molar-refractivity contribution in [1.82, 2.24) is 24.8 Å². The van der Waals surface area contributed by atoms with E-state index < -0.39 is 0 Å². The van der Waals surface area contributed by atoms with Crippen LogP contribution >= 0.6 is 11.6 Å². The van der Waals surface area contributed by atoms with Gasteiger partial charge in [0.1, 0.15) is 5.52 Å². The van der Waals surface area contributed by atoms with Crippen LogP contribution in [0.2, 0.25) is 5.28 Å². The number of hydrogen-bond acceptors (Lipinski definition) is 6. The van der Waals surface area contributed by atoms with Gasteiger partial charge in [0.25, 0.3) is 0 Å². The number of anilines is 1. The highest BCUT2D eigenvalue weighted by atomic mass is 35.5. The van der Waals surface area contributed by atoms with E-state index in [1.165, 1.54) is 0 Å². The van der Waals surface area contributed by atoms with E-state index in [2.05, 4.69) is 30.2 Å². The molecule has 0 spiro atoms. The zero-order chi connectivity index (χ0) is 13.7. The lowest BCUT2D eigenvalue weighted by molar-refractivity contribution is 0.163. The number of methoxy groups -OCH3 is 1. The molecular formula is C11H17ClN6O. The van der Waals surface area contributed by atoms with Gasteiger partial charge in [-0.2, -0.15) is 9.97 Å². The fraction of sp³-hybridized carbons (Fsp3) is 0.545. The van der Waals surface area contributed by atoms with E-state index in [4.69, 9.17) is 16.3 Å². The Morgan fingerprint density at radius 2 is 2.26 bits per heavy atom. The van der Waals surface area contributed by atoms with E-state index in [9.17, 15) is 0 Å². The molecule has 104 valence electrons. The lowest BCUT2D eigenvalue weighted by Gasteiger charge is -2.16. The highest BCUT2D eigenvalue weighted by Gasteiger charge is 2.08. The second kappa shape index (κ2) is 6.65. The summed E-state index contributed by atoms with van der Waals surface area (Å²) in [6, 6.07) is 0. The Bertz CT molecular complexity index is 531. The van der Waals surface area contributed by atoms with Crippen molar-refractivity contribution in [2.75, 3.05) is 45.7 Å². The van der Waals surface area contributed by atoms with Crippen LogP contribution in [0.3, 0.4) is 0 Å². The first kappa shape index (κ1) is 14.0. The maximum atomic E-state index is 5.85. The van der Waals surface area contributed by atoms with Crippen molar-refractivity contribution in [1.29, 1.82) is 0 Å². The summed E-state index contributed by atoms with van der Waals surface area (Å²) in [4.78, 5) is 17.4. The molecule has 2 aromatic heterocycles. The van der Waals surface area contributed by atoms with E-state index in [-0.39, 0.29) is 5.28 Å². The molecular weight excluding hydrogens is 268 g/mol. The fourth-order valence-electron chi connectivity index (χ4n) is 1.66. The molecule has 2 heterocycles. The van der Waals surface area contributed by atoms with Gasteiger partial charge < -0.3 is 19.9 Å². The molecule has 19 heavy (non-hydrogen) atoms. The van der Waals surface area contributed by atoms with Crippen molar-refractivity contribution in [3.05, 3.63) is 11.6 Å². The second-order valence-electron chi connectivity index (χ2n) is 4.17. The molecule has 7 nitrogen and oxygen atoms in total. The second-order valence-corrected chi connectivity index (χ2v) is 4.50. The number of fused-ring (bicyclic) bond motifs is 1. The molecule has 0 atom stereocenters. The standard InChI is InChI=1S/C11H17ClN6O/c1-18(5-6-19-2)4-3-13-9-8-10(15-7-14-8)17-11(12)16-9/h7H,3-6H2,1-2H3,(H2,13,14,15,16,17). The average Bonchev–Trinajstić information content (AvgIpc) is 2.84. The minimum absolute atomic E-state index is 0.190. The zero-order valence-corrected chi connectivity index (χ0v) is 11.7. The Hall–Kier alpha value is -1.44. The van der Waals surface area contributed by atoms with E-state index in [1.54, 1.807) is 13.4 Å². The highest BCUT2D eigenvalue weighted by molar-refractivity contribution is 6.28. The molecule has 0 aliphatic rings. The lowest BCUT2D eigenvalue weighted by atomic mass is 10.4. The predicted octanol–water partition coefficient (Wildman–Crippen LogP) is 0.996. The molecule has 8 heteroatoms. The third-order valence-corrected chi connectivity index (χ3v) is 2.89. The van der Waals surface area contributed by atoms with Crippen molar-refractivity contribution in [3.63, 3.8) is 0 Å². The number of H-pyrrole nitrogens is 1. The summed E-state index contributed by atoms with van der Waals surface area (Å²) in [7, 11) is 3.74. The van der Waals surface area contributed by atoms with Crippen LogP contribution in [-0.4, -0.2) is 65.2 Å². The summed E-state index contributed by atoms with van der Waals surface area (Å²) in [5.41, 5.74) is 1.33. The molecule has 0 unspecified atom stereocenters. The number of likely N-dealkylation sites (N-methyl/N-ethyl adjacent to an activating group) is 1. The minimum atomic E-state index is 0.190. The molecule has 2 aromatic rings. The summed E-state index contributed by atoms with van der Waals surface area (Å²) in [5.74, 6) is 0.674. The van der Waals surface area contributed by atoms with Crippen LogP contribution < -0.4 is 5.32 Å². The van der Waals surface area contributed by atoms with E-state index >= 15 is 0 Å². The number of imidazole rings is 1. The predicted molar refractivity (Wildman–Crippen MR) is 74.6 cm³/mol. The Kier molecular flexibility index (Phi) is 4.89. The molecule has 0 bridgehead atoms. The average molecular weight is 285 g/mol. The third-order valence-electron chi connectivity index (χ3n) is 2.72. The number of aromatic amines is 1. The van der Waals surface area contributed by atoms with Crippen LogP contribution in [0.25, 0.3) is 11.2 Å². The monoisotopic (exact) mass is 284 g/mol. The smallest absolute Gasteiger partial charge is 0.226 e. The zero-order valence-electron chi connectivity index (χ0n) is 11.0. The van der Waals surface area contributed by atoms with Crippen LogP contribution in [0.5, 0.6) is 0 Å². The molecule has 2 rings (SSSR count). The molecule has 2 N–H and O–H groups in total. The van der Waals surface area contributed by atoms with E-state index in [0.717, 1.165) is 31.8 Å². The number of halogens is 1. The number of nitrogens with zero attached hydrogens (tertiary/aromatic N) is 4. The first-order valence-electron chi connectivity index (χ1n) is 5.98. The summed E-state index contributed by atoms with van der Waals surface area (Å²) < 4.78 is 5.03. The van der Waals surface area contributed by atoms with Gasteiger partial charge in [-0.05, 0) is 18.6 Å². The summed E-state index contributed by atoms with van der Waals surface area (Å²) in [6.45, 7) is 3.24. The fourth-order valence-corrected chi connectivity index (χ4v) is 1.82. The summed E-state index contributed by atoms with van der Waals surface area (Å²) in [6.07, 6.45) is 1.57. The SMILES string of the molecule is COCCN(C)CCNc1nc(Cl)nc2nc[nH]c12. The van der Waals surface area contributed by atoms with E-state index in [1.807, 2.05) is 7.05 Å².